The highest BCUT2D eigenvalue weighted by Crippen LogP contribution is 2.32. The fourth-order valence-electron chi connectivity index (χ4n) is 2.95. The van der Waals surface area contributed by atoms with E-state index in [1.165, 1.54) is 6.33 Å². The zero-order valence-corrected chi connectivity index (χ0v) is 17.0. The number of ether oxygens (including phenoxy) is 1. The molecule has 2 aromatic heterocycles. The molecule has 1 amide bonds. The number of carbonyl (C=O) groups is 1. The fourth-order valence-corrected chi connectivity index (χ4v) is 2.95. The van der Waals surface area contributed by atoms with E-state index in [9.17, 15) is 4.79 Å². The van der Waals surface area contributed by atoms with Crippen molar-refractivity contribution >= 4 is 34.9 Å². The molecule has 32 heavy (non-hydrogen) atoms. The van der Waals surface area contributed by atoms with E-state index in [4.69, 9.17) is 9.84 Å². The molecule has 4 rings (SSSR count). The van der Waals surface area contributed by atoms with Crippen LogP contribution in [0.15, 0.2) is 73.4 Å². The van der Waals surface area contributed by atoms with E-state index in [1.54, 1.807) is 50.0 Å². The molecule has 0 unspecified atom stereocenters. The molecule has 2 aromatic carbocycles. The first-order valence-corrected chi connectivity index (χ1v) is 9.52. The summed E-state index contributed by atoms with van der Waals surface area (Å²) in [6.07, 6.45) is 5.37. The number of para-hydroxylation sites is 2. The van der Waals surface area contributed by atoms with Gasteiger partial charge in [-0.3, -0.25) is 5.32 Å². The van der Waals surface area contributed by atoms with Gasteiger partial charge in [-0.25, -0.2) is 19.7 Å². The molecule has 0 fully saturated rings. The van der Waals surface area contributed by atoms with Crippen molar-refractivity contribution in [1.29, 1.82) is 0 Å². The summed E-state index contributed by atoms with van der Waals surface area (Å²) in [7, 11) is 1.60. The largest absolute Gasteiger partial charge is 0.495 e. The van der Waals surface area contributed by atoms with Crippen molar-refractivity contribution in [2.24, 2.45) is 0 Å². The number of carboxylic acid groups (broad SMARTS) is 1. The third-order valence-corrected chi connectivity index (χ3v) is 4.41. The van der Waals surface area contributed by atoms with Crippen LogP contribution >= 0.6 is 0 Å². The Hall–Kier alpha value is -4.73. The molecule has 0 aliphatic carbocycles. The van der Waals surface area contributed by atoms with Crippen molar-refractivity contribution in [3.8, 4) is 16.9 Å². The topological polar surface area (TPSA) is 134 Å². The second-order valence-electron chi connectivity index (χ2n) is 6.54. The second kappa shape index (κ2) is 9.39. The third kappa shape index (κ3) is 4.87. The molecule has 2 heterocycles. The highest BCUT2D eigenvalue weighted by molar-refractivity contribution is 5.83. The van der Waals surface area contributed by atoms with Crippen molar-refractivity contribution < 1.29 is 14.6 Å². The van der Waals surface area contributed by atoms with Gasteiger partial charge in [-0.1, -0.05) is 12.1 Å². The number of aromatic nitrogens is 4. The predicted octanol–water partition coefficient (Wildman–Crippen LogP) is 4.52. The number of nitrogens with zero attached hydrogens (tertiary/aromatic N) is 4. The summed E-state index contributed by atoms with van der Waals surface area (Å²) in [4.78, 5) is 28.0. The smallest absolute Gasteiger partial charge is 0.409 e. The van der Waals surface area contributed by atoms with Crippen LogP contribution in [0.25, 0.3) is 11.1 Å². The third-order valence-electron chi connectivity index (χ3n) is 4.41. The Bertz CT molecular complexity index is 1220. The number of amides is 1. The van der Waals surface area contributed by atoms with Crippen LogP contribution in [0.5, 0.6) is 5.75 Å². The lowest BCUT2D eigenvalue weighted by molar-refractivity contribution is 0.209. The summed E-state index contributed by atoms with van der Waals surface area (Å²) in [5, 5.41) is 17.5. The Labute approximate surface area is 183 Å². The quantitative estimate of drug-likeness (QED) is 0.334. The van der Waals surface area contributed by atoms with E-state index < -0.39 is 6.09 Å². The number of hydrogen-bond donors (Lipinski definition) is 4. The van der Waals surface area contributed by atoms with Crippen LogP contribution in [0.3, 0.4) is 0 Å². The van der Waals surface area contributed by atoms with E-state index in [2.05, 4.69) is 35.9 Å². The van der Waals surface area contributed by atoms with Crippen molar-refractivity contribution in [1.82, 2.24) is 19.9 Å². The summed E-state index contributed by atoms with van der Waals surface area (Å²) in [5.41, 5.74) is 3.35. The summed E-state index contributed by atoms with van der Waals surface area (Å²) < 4.78 is 5.43. The first-order valence-electron chi connectivity index (χ1n) is 9.52. The summed E-state index contributed by atoms with van der Waals surface area (Å²) >= 11 is 0. The molecule has 10 heteroatoms. The van der Waals surface area contributed by atoms with E-state index in [0.717, 1.165) is 11.3 Å². The molecule has 0 aliphatic heterocycles. The molecule has 4 aromatic rings. The lowest BCUT2D eigenvalue weighted by Gasteiger charge is -2.15. The van der Waals surface area contributed by atoms with Gasteiger partial charge in [0.2, 0.25) is 5.95 Å². The van der Waals surface area contributed by atoms with Crippen LogP contribution in [0.1, 0.15) is 0 Å². The molecule has 0 radical (unpaired) electrons. The monoisotopic (exact) mass is 429 g/mol. The van der Waals surface area contributed by atoms with Gasteiger partial charge in [0, 0.05) is 41.1 Å². The maximum Gasteiger partial charge on any atom is 0.409 e. The van der Waals surface area contributed by atoms with Crippen LogP contribution in [-0.2, 0) is 0 Å². The molecule has 160 valence electrons. The van der Waals surface area contributed by atoms with Crippen LogP contribution < -0.4 is 20.7 Å². The van der Waals surface area contributed by atoms with Crippen molar-refractivity contribution in [2.75, 3.05) is 23.1 Å². The fraction of sp³-hybridized carbons (Fsp3) is 0.0455. The lowest BCUT2D eigenvalue weighted by atomic mass is 10.1. The maximum absolute atomic E-state index is 10.8. The minimum absolute atomic E-state index is 0.349. The maximum atomic E-state index is 10.8. The van der Waals surface area contributed by atoms with Gasteiger partial charge in [-0.05, 0) is 36.4 Å². The number of methoxy groups -OCH3 is 1. The summed E-state index contributed by atoms with van der Waals surface area (Å²) in [6, 6.07) is 14.2. The molecular weight excluding hydrogens is 410 g/mol. The Morgan fingerprint density at radius 2 is 1.66 bits per heavy atom. The number of nitrogens with one attached hydrogen (secondary N) is 3. The normalized spacial score (nSPS) is 10.3. The Morgan fingerprint density at radius 3 is 2.38 bits per heavy atom. The molecule has 0 atom stereocenters. The van der Waals surface area contributed by atoms with Gasteiger partial charge in [0.1, 0.15) is 17.9 Å². The Balaban J connectivity index is 1.66. The van der Waals surface area contributed by atoms with Gasteiger partial charge >= 0.3 is 6.09 Å². The van der Waals surface area contributed by atoms with Gasteiger partial charge < -0.3 is 20.5 Å². The van der Waals surface area contributed by atoms with E-state index in [1.807, 2.05) is 24.3 Å². The van der Waals surface area contributed by atoms with Gasteiger partial charge in [-0.2, -0.15) is 4.98 Å². The first-order chi connectivity index (χ1) is 15.6. The second-order valence-corrected chi connectivity index (χ2v) is 6.54. The minimum atomic E-state index is -1.12. The molecular formula is C22H19N7O3. The van der Waals surface area contributed by atoms with Crippen molar-refractivity contribution in [3.05, 3.63) is 73.4 Å². The van der Waals surface area contributed by atoms with Gasteiger partial charge in [-0.15, -0.1) is 0 Å². The molecule has 4 N–H and O–H groups in total. The zero-order chi connectivity index (χ0) is 22.3. The Kier molecular flexibility index (Phi) is 6.03. The lowest BCUT2D eigenvalue weighted by Crippen LogP contribution is -2.07. The van der Waals surface area contributed by atoms with Crippen LogP contribution in [0, 0.1) is 0 Å². The average Bonchev–Trinajstić information content (AvgIpc) is 2.81. The Morgan fingerprint density at radius 1 is 0.938 bits per heavy atom. The number of hydrogen-bond acceptors (Lipinski definition) is 8. The predicted molar refractivity (Wildman–Crippen MR) is 121 cm³/mol. The molecule has 0 aliphatic rings. The SMILES string of the molecule is COc1ccccc1Nc1nc(Nc2ccc(NC(=O)O)cc2)ncc1-c1cncnc1. The standard InChI is InChI=1S/C22H19N7O3/c1-32-19-5-3-2-4-18(19)28-20-17(14-10-23-13-24-11-14)12-25-21(29-20)26-15-6-8-16(9-7-15)27-22(30)31/h2-13,27H,1H3,(H,30,31)(H2,25,26,28,29). The van der Waals surface area contributed by atoms with E-state index in [0.29, 0.717) is 34.5 Å². The number of rotatable bonds is 7. The molecule has 10 nitrogen and oxygen atoms in total. The minimum Gasteiger partial charge on any atom is -0.495 e. The molecule has 0 saturated carbocycles. The van der Waals surface area contributed by atoms with Gasteiger partial charge in [0.15, 0.2) is 0 Å². The number of benzene rings is 2. The van der Waals surface area contributed by atoms with Crippen LogP contribution in [-0.4, -0.2) is 38.2 Å². The molecule has 0 saturated heterocycles. The average molecular weight is 429 g/mol. The highest BCUT2D eigenvalue weighted by atomic mass is 16.5. The van der Waals surface area contributed by atoms with Crippen LogP contribution in [0.2, 0.25) is 0 Å². The van der Waals surface area contributed by atoms with Crippen molar-refractivity contribution in [3.63, 3.8) is 0 Å². The molecule has 0 bridgehead atoms. The van der Waals surface area contributed by atoms with Gasteiger partial charge in [0.05, 0.1) is 12.8 Å². The number of anilines is 5. The first kappa shape index (κ1) is 20.5. The van der Waals surface area contributed by atoms with Crippen LogP contribution in [0.4, 0.5) is 33.6 Å². The van der Waals surface area contributed by atoms with Gasteiger partial charge in [0.25, 0.3) is 0 Å². The summed E-state index contributed by atoms with van der Waals surface area (Å²) in [6.45, 7) is 0. The molecule has 0 spiro atoms. The van der Waals surface area contributed by atoms with E-state index >= 15 is 0 Å². The van der Waals surface area contributed by atoms with E-state index in [-0.39, 0.29) is 0 Å². The summed E-state index contributed by atoms with van der Waals surface area (Å²) in [5.74, 6) is 1.55. The highest BCUT2D eigenvalue weighted by Gasteiger charge is 2.13. The van der Waals surface area contributed by atoms with Crippen molar-refractivity contribution in [2.45, 2.75) is 0 Å². The zero-order valence-electron chi connectivity index (χ0n) is 17.0.